The Morgan fingerprint density at radius 3 is 2.91 bits per heavy atom. The van der Waals surface area contributed by atoms with Gasteiger partial charge in [-0.25, -0.2) is 14.4 Å². The van der Waals surface area contributed by atoms with E-state index >= 15 is 0 Å². The van der Waals surface area contributed by atoms with Crippen LogP contribution in [0.2, 0.25) is 0 Å². The first-order chi connectivity index (χ1) is 10.4. The molecule has 1 saturated heterocycles. The minimum atomic E-state index is -2.10. The first kappa shape index (κ1) is 14.9. The van der Waals surface area contributed by atoms with Crippen molar-refractivity contribution in [2.24, 2.45) is 0 Å². The van der Waals surface area contributed by atoms with Gasteiger partial charge >= 0.3 is 0 Å². The fraction of sp³-hybridized carbons (Fsp3) is 0.429. The number of nitrogens with zero attached hydrogens (tertiary/aromatic N) is 3. The molecule has 2 unspecified atom stereocenters. The van der Waals surface area contributed by atoms with Gasteiger partial charge in [-0.1, -0.05) is 12.7 Å². The summed E-state index contributed by atoms with van der Waals surface area (Å²) in [6.07, 6.45) is 0.812. The average molecular weight is 308 g/mol. The molecule has 1 aliphatic rings. The minimum Gasteiger partial charge on any atom is -0.394 e. The van der Waals surface area contributed by atoms with Crippen LogP contribution in [0, 0.1) is 0 Å². The van der Waals surface area contributed by atoms with E-state index in [1.165, 1.54) is 17.8 Å². The van der Waals surface area contributed by atoms with Crippen LogP contribution in [0.1, 0.15) is 18.7 Å². The monoisotopic (exact) mass is 308 g/mol. The molecule has 3 rings (SSSR count). The Morgan fingerprint density at radius 2 is 2.32 bits per heavy atom. The molecule has 118 valence electrons. The third kappa shape index (κ3) is 1.92. The molecular weight excluding hydrogens is 291 g/mol. The second-order valence-electron chi connectivity index (χ2n) is 5.46. The van der Waals surface area contributed by atoms with E-state index in [-0.39, 0.29) is 5.82 Å². The maximum absolute atomic E-state index is 14.9. The highest BCUT2D eigenvalue weighted by molar-refractivity contribution is 5.94. The Labute approximate surface area is 125 Å². The SMILES string of the molecule is C=Cc1cn(C2OC(CO)[C@@H](O)[C@@]2(C)F)c2ncnc(N)c12. The zero-order chi connectivity index (χ0) is 16.1. The van der Waals surface area contributed by atoms with Gasteiger partial charge in [0.15, 0.2) is 11.9 Å². The van der Waals surface area contributed by atoms with Gasteiger partial charge in [-0.05, 0) is 6.92 Å². The Hall–Kier alpha value is -2.03. The topological polar surface area (TPSA) is 106 Å². The van der Waals surface area contributed by atoms with E-state index < -0.39 is 30.7 Å². The maximum atomic E-state index is 14.9. The van der Waals surface area contributed by atoms with Gasteiger partial charge < -0.3 is 25.3 Å². The fourth-order valence-electron chi connectivity index (χ4n) is 2.83. The number of aromatic nitrogens is 3. The van der Waals surface area contributed by atoms with Crippen molar-refractivity contribution < 1.29 is 19.3 Å². The lowest BCUT2D eigenvalue weighted by Gasteiger charge is -2.25. The van der Waals surface area contributed by atoms with Crippen LogP contribution < -0.4 is 5.73 Å². The number of aliphatic hydroxyl groups excluding tert-OH is 2. The average Bonchev–Trinajstić information content (AvgIpc) is 2.97. The molecular formula is C14H17FN4O3. The quantitative estimate of drug-likeness (QED) is 0.768. The summed E-state index contributed by atoms with van der Waals surface area (Å²) >= 11 is 0. The zero-order valence-corrected chi connectivity index (χ0v) is 12.0. The first-order valence-corrected chi connectivity index (χ1v) is 6.78. The van der Waals surface area contributed by atoms with Gasteiger partial charge in [-0.2, -0.15) is 0 Å². The molecule has 0 spiro atoms. The second kappa shape index (κ2) is 5.01. The van der Waals surface area contributed by atoms with Gasteiger partial charge in [0.1, 0.15) is 30.0 Å². The molecule has 3 heterocycles. The number of aliphatic hydroxyl groups is 2. The second-order valence-corrected chi connectivity index (χ2v) is 5.46. The summed E-state index contributed by atoms with van der Waals surface area (Å²) in [7, 11) is 0. The van der Waals surface area contributed by atoms with E-state index in [4.69, 9.17) is 10.5 Å². The summed E-state index contributed by atoms with van der Waals surface area (Å²) in [5.41, 5.74) is 4.77. The van der Waals surface area contributed by atoms with Gasteiger partial charge in [0, 0.05) is 11.8 Å². The normalized spacial score (nSPS) is 31.7. The highest BCUT2D eigenvalue weighted by atomic mass is 19.1. The van der Waals surface area contributed by atoms with Crippen molar-refractivity contribution in [1.82, 2.24) is 14.5 Å². The van der Waals surface area contributed by atoms with Crippen molar-refractivity contribution in [2.45, 2.75) is 31.0 Å². The smallest absolute Gasteiger partial charge is 0.181 e. The molecule has 0 aliphatic carbocycles. The van der Waals surface area contributed by atoms with Crippen molar-refractivity contribution >= 4 is 22.9 Å². The lowest BCUT2D eigenvalue weighted by Crippen LogP contribution is -2.40. The summed E-state index contributed by atoms with van der Waals surface area (Å²) in [4.78, 5) is 8.05. The van der Waals surface area contributed by atoms with E-state index in [2.05, 4.69) is 16.5 Å². The lowest BCUT2D eigenvalue weighted by atomic mass is 9.98. The van der Waals surface area contributed by atoms with E-state index in [9.17, 15) is 14.6 Å². The summed E-state index contributed by atoms with van der Waals surface area (Å²) < 4.78 is 21.9. The number of hydrogen-bond acceptors (Lipinski definition) is 6. The van der Waals surface area contributed by atoms with Crippen LogP contribution in [0.5, 0.6) is 0 Å². The Kier molecular flexibility index (Phi) is 3.39. The number of fused-ring (bicyclic) bond motifs is 1. The number of anilines is 1. The van der Waals surface area contributed by atoms with Gasteiger partial charge in [0.25, 0.3) is 0 Å². The van der Waals surface area contributed by atoms with E-state index in [1.807, 2.05) is 0 Å². The van der Waals surface area contributed by atoms with E-state index in [0.29, 0.717) is 16.6 Å². The molecule has 4 atom stereocenters. The van der Waals surface area contributed by atoms with Gasteiger partial charge in [-0.15, -0.1) is 0 Å². The van der Waals surface area contributed by atoms with Crippen molar-refractivity contribution in [3.63, 3.8) is 0 Å². The number of alkyl halides is 1. The van der Waals surface area contributed by atoms with E-state index in [1.54, 1.807) is 12.3 Å². The number of nitrogens with two attached hydrogens (primary N) is 1. The van der Waals surface area contributed by atoms with Crippen molar-refractivity contribution in [1.29, 1.82) is 0 Å². The summed E-state index contributed by atoms with van der Waals surface area (Å²) in [5, 5.41) is 19.7. The standard InChI is InChI=1S/C14H17FN4O3/c1-3-7-4-19(12-9(7)11(16)17-6-18-12)13-14(2,15)10(21)8(5-20)22-13/h3-4,6,8,10,13,20-21H,1,5H2,2H3,(H2,16,17,18)/t8?,10-,13?,14-/m1/s1. The molecule has 8 heteroatoms. The number of nitrogen functional groups attached to an aromatic ring is 1. The Balaban J connectivity index is 2.19. The number of halogens is 1. The van der Waals surface area contributed by atoms with Crippen LogP contribution in [0.3, 0.4) is 0 Å². The summed E-state index contributed by atoms with van der Waals surface area (Å²) in [6.45, 7) is 4.44. The summed E-state index contributed by atoms with van der Waals surface area (Å²) in [5.74, 6) is 0.247. The van der Waals surface area contributed by atoms with Crippen LogP contribution in [0.15, 0.2) is 19.1 Å². The third-order valence-corrected chi connectivity index (χ3v) is 4.04. The maximum Gasteiger partial charge on any atom is 0.181 e. The molecule has 1 aliphatic heterocycles. The van der Waals surface area contributed by atoms with Crippen LogP contribution in [-0.2, 0) is 4.74 Å². The molecule has 1 fully saturated rings. The number of rotatable bonds is 3. The minimum absolute atomic E-state index is 0.247. The molecule has 2 aromatic rings. The van der Waals surface area contributed by atoms with Crippen molar-refractivity contribution in [2.75, 3.05) is 12.3 Å². The molecule has 0 saturated carbocycles. The van der Waals surface area contributed by atoms with Crippen LogP contribution in [0.25, 0.3) is 17.1 Å². The molecule has 0 aromatic carbocycles. The van der Waals surface area contributed by atoms with Crippen molar-refractivity contribution in [3.05, 3.63) is 24.7 Å². The Morgan fingerprint density at radius 1 is 1.59 bits per heavy atom. The molecule has 4 N–H and O–H groups in total. The largest absolute Gasteiger partial charge is 0.394 e. The van der Waals surface area contributed by atoms with Gasteiger partial charge in [0.05, 0.1) is 12.0 Å². The highest BCUT2D eigenvalue weighted by Crippen LogP contribution is 2.43. The molecule has 22 heavy (non-hydrogen) atoms. The van der Waals surface area contributed by atoms with Gasteiger partial charge in [-0.3, -0.25) is 0 Å². The Bertz CT molecular complexity index is 730. The highest BCUT2D eigenvalue weighted by Gasteiger charge is 2.55. The van der Waals surface area contributed by atoms with E-state index in [0.717, 1.165) is 0 Å². The lowest BCUT2D eigenvalue weighted by molar-refractivity contribution is -0.0564. The molecule has 0 bridgehead atoms. The third-order valence-electron chi connectivity index (χ3n) is 4.04. The zero-order valence-electron chi connectivity index (χ0n) is 12.0. The predicted molar refractivity (Wildman–Crippen MR) is 78.5 cm³/mol. The molecule has 0 radical (unpaired) electrons. The number of hydrogen-bond donors (Lipinski definition) is 3. The molecule has 0 amide bonds. The summed E-state index contributed by atoms with van der Waals surface area (Å²) in [6, 6.07) is 0. The number of ether oxygens (including phenoxy) is 1. The molecule has 2 aromatic heterocycles. The first-order valence-electron chi connectivity index (χ1n) is 6.78. The van der Waals surface area contributed by atoms with Gasteiger partial charge in [0.2, 0.25) is 0 Å². The molecule has 7 nitrogen and oxygen atoms in total. The van der Waals surface area contributed by atoms with Crippen LogP contribution in [-0.4, -0.2) is 49.2 Å². The van der Waals surface area contributed by atoms with Crippen molar-refractivity contribution in [3.8, 4) is 0 Å². The van der Waals surface area contributed by atoms with Crippen LogP contribution in [0.4, 0.5) is 10.2 Å². The fourth-order valence-corrected chi connectivity index (χ4v) is 2.83. The predicted octanol–water partition coefficient (Wildman–Crippen LogP) is 0.635. The van der Waals surface area contributed by atoms with Crippen LogP contribution >= 0.6 is 0 Å².